The third-order valence-corrected chi connectivity index (χ3v) is 8.11. The zero-order valence-corrected chi connectivity index (χ0v) is 24.8. The molecular formula is C23H24N7NaO8S. The number of aryl methyl sites for hydroxylation is 1. The third kappa shape index (κ3) is 5.35. The first-order chi connectivity index (χ1) is 18.5. The summed E-state index contributed by atoms with van der Waals surface area (Å²) in [6.45, 7) is 5.07. The topological polar surface area (TPSA) is 194 Å². The van der Waals surface area contributed by atoms with Crippen LogP contribution in [0, 0.1) is 6.92 Å². The molecule has 0 radical (unpaired) electrons. The number of amides is 6. The summed E-state index contributed by atoms with van der Waals surface area (Å²) in [6.07, 6.45) is 2.78. The zero-order valence-electron chi connectivity index (χ0n) is 22.0. The second kappa shape index (κ2) is 11.3. The minimum atomic E-state index is -1.42. The normalized spacial score (nSPS) is 24.0. The van der Waals surface area contributed by atoms with Gasteiger partial charge in [-0.15, -0.1) is 11.8 Å². The number of nitrogens with one attached hydrogen (secondary N) is 2. The van der Waals surface area contributed by atoms with Crippen LogP contribution in [0.4, 0.5) is 9.59 Å². The van der Waals surface area contributed by atoms with Crippen molar-refractivity contribution in [2.24, 2.45) is 5.10 Å². The van der Waals surface area contributed by atoms with Crippen LogP contribution in [-0.2, 0) is 14.4 Å². The van der Waals surface area contributed by atoms with Gasteiger partial charge in [0.05, 0.1) is 37.6 Å². The Kier molecular flexibility index (Phi) is 8.35. The first-order valence-corrected chi connectivity index (χ1v) is 12.8. The number of hydrogen-bond acceptors (Lipinski definition) is 11. The van der Waals surface area contributed by atoms with Crippen molar-refractivity contribution in [3.63, 3.8) is 0 Å². The quantitative estimate of drug-likeness (QED) is 0.187. The second-order valence-corrected chi connectivity index (χ2v) is 11.4. The van der Waals surface area contributed by atoms with Gasteiger partial charge in [-0.05, 0) is 32.9 Å². The fourth-order valence-electron chi connectivity index (χ4n) is 4.67. The molecule has 3 fully saturated rings. The van der Waals surface area contributed by atoms with E-state index < -0.39 is 58.1 Å². The standard InChI is InChI=1S/C23H25N7O8S.Na/c1-11-9-13(27-38-11)14(17(31)25-15-18(32)30-16(20(33)34)23(2,3)39-19(15)30)26-21(35)28-6-7-29(22(28)36)24-10-12-5-4-8-37-12;/h4-5,8-10,14-16,19H,6-7H2,1-3H3,(H,25,31)(H,26,35)(H,33,34);/q;+1/p-1/t14?,15-,16+,19-;/m1./s1. The van der Waals surface area contributed by atoms with E-state index in [-0.39, 0.29) is 48.3 Å². The number of aliphatic carboxylic acids is 1. The number of carboxylic acid groups (broad SMARTS) is 1. The van der Waals surface area contributed by atoms with Gasteiger partial charge in [0, 0.05) is 10.8 Å². The molecule has 3 aliphatic rings. The van der Waals surface area contributed by atoms with Gasteiger partial charge in [-0.1, -0.05) is 5.16 Å². The molecule has 3 saturated heterocycles. The molecule has 0 bridgehead atoms. The Morgan fingerprint density at radius 2 is 2.05 bits per heavy atom. The minimum absolute atomic E-state index is 0. The molecule has 6 amide bonds. The number of carbonyl (C=O) groups is 5. The summed E-state index contributed by atoms with van der Waals surface area (Å²) in [7, 11) is 0. The van der Waals surface area contributed by atoms with E-state index >= 15 is 0 Å². The average Bonchev–Trinajstić information content (AvgIpc) is 3.66. The maximum absolute atomic E-state index is 13.3. The number of rotatable bonds is 7. The summed E-state index contributed by atoms with van der Waals surface area (Å²) in [6, 6.07) is -0.452. The number of nitrogens with zero attached hydrogens (tertiary/aromatic N) is 5. The van der Waals surface area contributed by atoms with E-state index in [1.165, 1.54) is 35.2 Å². The summed E-state index contributed by atoms with van der Waals surface area (Å²) in [5, 5.41) is 25.0. The number of hydrazone groups is 1. The molecule has 40 heavy (non-hydrogen) atoms. The van der Waals surface area contributed by atoms with Crippen LogP contribution in [0.3, 0.4) is 0 Å². The second-order valence-electron chi connectivity index (χ2n) is 9.63. The van der Waals surface area contributed by atoms with Gasteiger partial charge in [0.2, 0.25) is 11.8 Å². The van der Waals surface area contributed by atoms with Crippen molar-refractivity contribution in [2.45, 2.75) is 49.0 Å². The van der Waals surface area contributed by atoms with Gasteiger partial charge in [-0.2, -0.15) is 5.10 Å². The molecule has 5 rings (SSSR count). The van der Waals surface area contributed by atoms with Crippen molar-refractivity contribution in [3.05, 3.63) is 41.7 Å². The van der Waals surface area contributed by atoms with Gasteiger partial charge in [0.25, 0.3) is 0 Å². The van der Waals surface area contributed by atoms with Crippen LogP contribution in [0.25, 0.3) is 0 Å². The van der Waals surface area contributed by atoms with Crippen molar-refractivity contribution in [1.29, 1.82) is 0 Å². The number of carboxylic acids is 1. The Morgan fingerprint density at radius 3 is 2.67 bits per heavy atom. The van der Waals surface area contributed by atoms with E-state index in [4.69, 9.17) is 8.94 Å². The van der Waals surface area contributed by atoms with Crippen LogP contribution in [0.5, 0.6) is 0 Å². The number of imide groups is 1. The van der Waals surface area contributed by atoms with Gasteiger partial charge in [-0.3, -0.25) is 9.59 Å². The number of hydrogen-bond donors (Lipinski definition) is 2. The molecule has 2 aromatic rings. The van der Waals surface area contributed by atoms with Crippen LogP contribution in [-0.4, -0.2) is 91.3 Å². The van der Waals surface area contributed by atoms with Crippen molar-refractivity contribution in [1.82, 2.24) is 30.6 Å². The summed E-state index contributed by atoms with van der Waals surface area (Å²) >= 11 is 1.23. The molecule has 17 heteroatoms. The number of thioether (sulfide) groups is 1. The number of furan rings is 1. The molecule has 15 nitrogen and oxygen atoms in total. The number of fused-ring (bicyclic) bond motifs is 1. The first kappa shape index (κ1) is 29.6. The maximum atomic E-state index is 13.3. The van der Waals surface area contributed by atoms with Crippen LogP contribution < -0.4 is 45.3 Å². The molecule has 5 heterocycles. The van der Waals surface area contributed by atoms with Gasteiger partial charge in [0.15, 0.2) is 6.04 Å². The van der Waals surface area contributed by atoms with E-state index in [1.54, 1.807) is 32.9 Å². The number of carbonyl (C=O) groups excluding carboxylic acids is 5. The Morgan fingerprint density at radius 1 is 1.30 bits per heavy atom. The minimum Gasteiger partial charge on any atom is -0.548 e. The van der Waals surface area contributed by atoms with E-state index in [0.717, 1.165) is 9.91 Å². The maximum Gasteiger partial charge on any atom is 1.00 e. The monoisotopic (exact) mass is 581 g/mol. The van der Waals surface area contributed by atoms with Crippen LogP contribution in [0.2, 0.25) is 0 Å². The van der Waals surface area contributed by atoms with Gasteiger partial charge in [-0.25, -0.2) is 19.5 Å². The molecule has 0 spiro atoms. The summed E-state index contributed by atoms with van der Waals surface area (Å²) < 4.78 is 9.37. The first-order valence-electron chi connectivity index (χ1n) is 11.9. The van der Waals surface area contributed by atoms with E-state index in [1.807, 2.05) is 0 Å². The number of aromatic nitrogens is 1. The largest absolute Gasteiger partial charge is 1.00 e. The smallest absolute Gasteiger partial charge is 0.548 e. The summed E-state index contributed by atoms with van der Waals surface area (Å²) in [4.78, 5) is 65.7. The van der Waals surface area contributed by atoms with Gasteiger partial charge >= 0.3 is 41.6 Å². The van der Waals surface area contributed by atoms with Crippen molar-refractivity contribution >= 4 is 47.8 Å². The zero-order chi connectivity index (χ0) is 28.1. The Labute approximate surface area is 253 Å². The molecule has 0 aliphatic carbocycles. The molecule has 1 unspecified atom stereocenters. The fraction of sp³-hybridized carbons (Fsp3) is 0.435. The molecule has 206 valence electrons. The fourth-order valence-corrected chi connectivity index (χ4v) is 6.29. The molecule has 4 atom stereocenters. The molecule has 3 aliphatic heterocycles. The Balaban J connectivity index is 0.00000370. The van der Waals surface area contributed by atoms with E-state index in [2.05, 4.69) is 20.9 Å². The van der Waals surface area contributed by atoms with E-state index in [9.17, 15) is 29.1 Å². The van der Waals surface area contributed by atoms with Crippen LogP contribution in [0.1, 0.15) is 37.1 Å². The predicted octanol–water partition coefficient (Wildman–Crippen LogP) is -3.60. The number of β-lactam (4-membered cyclic amide) rings is 1. The molecule has 0 aromatic carbocycles. The molecular weight excluding hydrogens is 557 g/mol. The van der Waals surface area contributed by atoms with Crippen molar-refractivity contribution in [3.8, 4) is 0 Å². The molecule has 2 N–H and O–H groups in total. The number of urea groups is 2. The Bertz CT molecular complexity index is 1360. The van der Waals surface area contributed by atoms with Gasteiger partial charge < -0.3 is 34.4 Å². The summed E-state index contributed by atoms with van der Waals surface area (Å²) in [5.74, 6) is -1.97. The molecule has 0 saturated carbocycles. The summed E-state index contributed by atoms with van der Waals surface area (Å²) in [5.41, 5.74) is 0.0494. The van der Waals surface area contributed by atoms with Crippen LogP contribution >= 0.6 is 11.8 Å². The van der Waals surface area contributed by atoms with Crippen molar-refractivity contribution in [2.75, 3.05) is 13.1 Å². The SMILES string of the molecule is Cc1cc(C(NC(=O)N2CCN(N=Cc3ccco3)C2=O)C(=O)N[C@@H]2C(=O)N3[C@@H]2SC(C)(C)[C@@H]3C(=O)[O-])no1.[Na+]. The van der Waals surface area contributed by atoms with E-state index in [0.29, 0.717) is 11.5 Å². The Hall–Kier alpha value is -3.34. The molecule has 2 aromatic heterocycles. The van der Waals surface area contributed by atoms with Crippen molar-refractivity contribution < 1.29 is 67.6 Å². The van der Waals surface area contributed by atoms with Crippen LogP contribution in [0.15, 0.2) is 38.5 Å². The average molecular weight is 582 g/mol. The van der Waals surface area contributed by atoms with Gasteiger partial charge in [0.1, 0.15) is 28.6 Å². The predicted molar refractivity (Wildman–Crippen MR) is 131 cm³/mol. The third-order valence-electron chi connectivity index (χ3n) is 6.53.